The zero-order valence-electron chi connectivity index (χ0n) is 17.8. The first-order valence-corrected chi connectivity index (χ1v) is 10.6. The highest BCUT2D eigenvalue weighted by atomic mass is 16.5. The highest BCUT2D eigenvalue weighted by molar-refractivity contribution is 5.95. The van der Waals surface area contributed by atoms with Crippen LogP contribution in [0.1, 0.15) is 19.4 Å². The second-order valence-corrected chi connectivity index (χ2v) is 8.35. The molecular formula is C23H28N6O. The molecule has 3 heterocycles. The van der Waals surface area contributed by atoms with Crippen LogP contribution in [-0.2, 0) is 11.3 Å². The Morgan fingerprint density at radius 3 is 2.73 bits per heavy atom. The van der Waals surface area contributed by atoms with E-state index in [1.165, 1.54) is 5.69 Å². The number of nitrogens with zero attached hydrogens (tertiary/aromatic N) is 4. The van der Waals surface area contributed by atoms with E-state index in [2.05, 4.69) is 68.4 Å². The van der Waals surface area contributed by atoms with E-state index < -0.39 is 0 Å². The number of nitrogens with one attached hydrogen (secondary N) is 2. The minimum Gasteiger partial charge on any atom is -0.374 e. The van der Waals surface area contributed by atoms with Crippen molar-refractivity contribution in [3.8, 4) is 11.5 Å². The molecule has 0 amide bonds. The number of aromatic nitrogens is 4. The summed E-state index contributed by atoms with van der Waals surface area (Å²) >= 11 is 0. The SMILES string of the molecule is CC(C)OCc1cccc2c(-c3nc4ccc(N5CCN(C)CC5)cc4[nH]3)n[nH]c12. The predicted octanol–water partition coefficient (Wildman–Crippen LogP) is 3.78. The largest absolute Gasteiger partial charge is 0.374 e. The maximum Gasteiger partial charge on any atom is 0.159 e. The average Bonchev–Trinajstić information content (AvgIpc) is 3.36. The first kappa shape index (κ1) is 19.1. The number of ether oxygens (including phenoxy) is 1. The van der Waals surface area contributed by atoms with Gasteiger partial charge in [-0.15, -0.1) is 0 Å². The zero-order valence-corrected chi connectivity index (χ0v) is 17.8. The second-order valence-electron chi connectivity index (χ2n) is 8.35. The van der Waals surface area contributed by atoms with Gasteiger partial charge in [-0.25, -0.2) is 4.98 Å². The van der Waals surface area contributed by atoms with Gasteiger partial charge in [0.05, 0.1) is 29.3 Å². The number of anilines is 1. The van der Waals surface area contributed by atoms with Gasteiger partial charge in [0.15, 0.2) is 5.82 Å². The minimum absolute atomic E-state index is 0.188. The standard InChI is InChI=1S/C23H28N6O/c1-15(2)30-14-16-5-4-6-18-21(16)26-27-22(18)23-24-19-8-7-17(13-20(19)25-23)29-11-9-28(3)10-12-29/h4-8,13,15H,9-12,14H2,1-3H3,(H,24,25)(H,26,27). The lowest BCUT2D eigenvalue weighted by Crippen LogP contribution is -2.44. The lowest BCUT2D eigenvalue weighted by atomic mass is 10.1. The maximum absolute atomic E-state index is 5.80. The summed E-state index contributed by atoms with van der Waals surface area (Å²) in [4.78, 5) is 13.1. The van der Waals surface area contributed by atoms with E-state index in [-0.39, 0.29) is 6.10 Å². The number of benzene rings is 2. The summed E-state index contributed by atoms with van der Waals surface area (Å²) in [6.45, 7) is 8.93. The molecule has 5 rings (SSSR count). The van der Waals surface area contributed by atoms with E-state index in [9.17, 15) is 0 Å². The van der Waals surface area contributed by atoms with Crippen molar-refractivity contribution in [2.24, 2.45) is 0 Å². The minimum atomic E-state index is 0.188. The Hall–Kier alpha value is -2.90. The van der Waals surface area contributed by atoms with Gasteiger partial charge in [-0.3, -0.25) is 5.10 Å². The van der Waals surface area contributed by atoms with Gasteiger partial charge in [0, 0.05) is 42.8 Å². The fraction of sp³-hybridized carbons (Fsp3) is 0.391. The Kier molecular flexibility index (Phi) is 4.92. The molecule has 2 aromatic carbocycles. The first-order valence-electron chi connectivity index (χ1n) is 10.6. The number of fused-ring (bicyclic) bond motifs is 2. The van der Waals surface area contributed by atoms with Crippen molar-refractivity contribution in [2.75, 3.05) is 38.1 Å². The number of hydrogen-bond acceptors (Lipinski definition) is 5. The Morgan fingerprint density at radius 2 is 1.93 bits per heavy atom. The molecule has 156 valence electrons. The fourth-order valence-electron chi connectivity index (χ4n) is 4.03. The summed E-state index contributed by atoms with van der Waals surface area (Å²) in [5.41, 5.74) is 6.19. The van der Waals surface area contributed by atoms with Crippen LogP contribution in [0.25, 0.3) is 33.5 Å². The molecule has 1 saturated heterocycles. The van der Waals surface area contributed by atoms with Crippen LogP contribution < -0.4 is 4.90 Å². The van der Waals surface area contributed by atoms with Crippen LogP contribution in [0.5, 0.6) is 0 Å². The van der Waals surface area contributed by atoms with Gasteiger partial charge in [0.1, 0.15) is 5.69 Å². The van der Waals surface area contributed by atoms with Crippen LogP contribution in [0.2, 0.25) is 0 Å². The number of piperazine rings is 1. The van der Waals surface area contributed by atoms with Gasteiger partial charge in [-0.1, -0.05) is 18.2 Å². The Bertz CT molecular complexity index is 1170. The van der Waals surface area contributed by atoms with Crippen molar-refractivity contribution in [3.63, 3.8) is 0 Å². The van der Waals surface area contributed by atoms with Gasteiger partial charge in [-0.05, 0) is 39.1 Å². The average molecular weight is 405 g/mol. The van der Waals surface area contributed by atoms with Gasteiger partial charge in [0.25, 0.3) is 0 Å². The number of aromatic amines is 2. The molecule has 0 saturated carbocycles. The van der Waals surface area contributed by atoms with Crippen LogP contribution >= 0.6 is 0 Å². The molecular weight excluding hydrogens is 376 g/mol. The number of imidazole rings is 1. The molecule has 4 aromatic rings. The van der Waals surface area contributed by atoms with E-state index in [0.29, 0.717) is 6.61 Å². The summed E-state index contributed by atoms with van der Waals surface area (Å²) in [5, 5.41) is 8.82. The van der Waals surface area contributed by atoms with Gasteiger partial charge >= 0.3 is 0 Å². The molecule has 1 fully saturated rings. The highest BCUT2D eigenvalue weighted by Gasteiger charge is 2.17. The summed E-state index contributed by atoms with van der Waals surface area (Å²) in [7, 11) is 2.18. The topological polar surface area (TPSA) is 73.1 Å². The predicted molar refractivity (Wildman–Crippen MR) is 121 cm³/mol. The molecule has 2 aromatic heterocycles. The molecule has 7 heteroatoms. The van der Waals surface area contributed by atoms with Crippen LogP contribution in [0, 0.1) is 0 Å². The van der Waals surface area contributed by atoms with E-state index in [0.717, 1.165) is 65.2 Å². The Morgan fingerprint density at radius 1 is 1.10 bits per heavy atom. The number of hydrogen-bond donors (Lipinski definition) is 2. The van der Waals surface area contributed by atoms with Crippen molar-refractivity contribution in [3.05, 3.63) is 42.0 Å². The number of para-hydroxylation sites is 1. The lowest BCUT2D eigenvalue weighted by Gasteiger charge is -2.34. The number of rotatable bonds is 5. The quantitative estimate of drug-likeness (QED) is 0.530. The fourth-order valence-corrected chi connectivity index (χ4v) is 4.03. The molecule has 1 aliphatic rings. The van der Waals surface area contributed by atoms with Crippen LogP contribution in [0.4, 0.5) is 5.69 Å². The molecule has 0 spiro atoms. The summed E-state index contributed by atoms with van der Waals surface area (Å²) < 4.78 is 5.80. The first-order chi connectivity index (χ1) is 14.6. The zero-order chi connectivity index (χ0) is 20.7. The molecule has 1 aliphatic heterocycles. The lowest BCUT2D eigenvalue weighted by molar-refractivity contribution is 0.0663. The van der Waals surface area contributed by atoms with Gasteiger partial charge < -0.3 is 19.5 Å². The van der Waals surface area contributed by atoms with Crippen molar-refractivity contribution in [1.82, 2.24) is 25.1 Å². The maximum atomic E-state index is 5.80. The third kappa shape index (κ3) is 3.55. The summed E-state index contributed by atoms with van der Waals surface area (Å²) in [5.74, 6) is 0.786. The van der Waals surface area contributed by atoms with Crippen molar-refractivity contribution < 1.29 is 4.74 Å². The summed E-state index contributed by atoms with van der Waals surface area (Å²) in [6.07, 6.45) is 0.188. The third-order valence-corrected chi connectivity index (χ3v) is 5.82. The molecule has 0 bridgehead atoms. The van der Waals surface area contributed by atoms with E-state index in [1.54, 1.807) is 0 Å². The van der Waals surface area contributed by atoms with E-state index >= 15 is 0 Å². The van der Waals surface area contributed by atoms with Crippen molar-refractivity contribution in [2.45, 2.75) is 26.6 Å². The van der Waals surface area contributed by atoms with E-state index in [4.69, 9.17) is 9.72 Å². The molecule has 0 radical (unpaired) electrons. The molecule has 0 unspecified atom stereocenters. The molecule has 30 heavy (non-hydrogen) atoms. The van der Waals surface area contributed by atoms with E-state index in [1.807, 2.05) is 13.8 Å². The highest BCUT2D eigenvalue weighted by Crippen LogP contribution is 2.29. The monoisotopic (exact) mass is 404 g/mol. The van der Waals surface area contributed by atoms with Gasteiger partial charge in [-0.2, -0.15) is 5.10 Å². The summed E-state index contributed by atoms with van der Waals surface area (Å²) in [6, 6.07) is 12.7. The van der Waals surface area contributed by atoms with Crippen LogP contribution in [-0.4, -0.2) is 64.4 Å². The number of likely N-dealkylation sites (N-methyl/N-ethyl adjacent to an activating group) is 1. The van der Waals surface area contributed by atoms with Crippen molar-refractivity contribution >= 4 is 27.6 Å². The second kappa shape index (κ2) is 7.74. The van der Waals surface area contributed by atoms with Gasteiger partial charge in [0.2, 0.25) is 0 Å². The Balaban J connectivity index is 1.47. The Labute approximate surface area is 176 Å². The molecule has 0 atom stereocenters. The van der Waals surface area contributed by atoms with Crippen LogP contribution in [0.15, 0.2) is 36.4 Å². The normalized spacial score (nSPS) is 15.7. The smallest absolute Gasteiger partial charge is 0.159 e. The number of H-pyrrole nitrogens is 2. The third-order valence-electron chi connectivity index (χ3n) is 5.82. The van der Waals surface area contributed by atoms with Crippen molar-refractivity contribution in [1.29, 1.82) is 0 Å². The molecule has 0 aliphatic carbocycles. The molecule has 2 N–H and O–H groups in total. The van der Waals surface area contributed by atoms with Crippen LogP contribution in [0.3, 0.4) is 0 Å². The molecule has 7 nitrogen and oxygen atoms in total.